The lowest BCUT2D eigenvalue weighted by Crippen LogP contribution is -2.10. The van der Waals surface area contributed by atoms with E-state index in [-0.39, 0.29) is 5.97 Å². The van der Waals surface area contributed by atoms with Crippen molar-refractivity contribution in [2.45, 2.75) is 13.5 Å². The van der Waals surface area contributed by atoms with E-state index in [2.05, 4.69) is 15.4 Å². The Hall–Kier alpha value is -3.15. The van der Waals surface area contributed by atoms with E-state index in [1.807, 2.05) is 48.1 Å². The fraction of sp³-hybridized carbons (Fsp3) is 0.167. The lowest BCUT2D eigenvalue weighted by atomic mass is 10.1. The second-order valence-corrected chi connectivity index (χ2v) is 5.29. The number of methoxy groups -OCH3 is 1. The van der Waals surface area contributed by atoms with Crippen LogP contribution in [0.5, 0.6) is 0 Å². The maximum absolute atomic E-state index is 11.9. The molecule has 3 aromatic rings. The van der Waals surface area contributed by atoms with E-state index in [1.165, 1.54) is 7.11 Å². The fourth-order valence-corrected chi connectivity index (χ4v) is 2.43. The highest BCUT2D eigenvalue weighted by atomic mass is 16.5. The molecule has 3 rings (SSSR count). The molecule has 6 nitrogen and oxygen atoms in total. The number of ether oxygens (including phenoxy) is 1. The number of para-hydroxylation sites is 1. The van der Waals surface area contributed by atoms with Crippen molar-refractivity contribution < 1.29 is 9.53 Å². The van der Waals surface area contributed by atoms with Crippen molar-refractivity contribution in [1.29, 1.82) is 0 Å². The maximum Gasteiger partial charge on any atom is 0.340 e. The second kappa shape index (κ2) is 6.95. The maximum atomic E-state index is 11.9. The highest BCUT2D eigenvalue weighted by molar-refractivity contribution is 5.95. The average Bonchev–Trinajstić information content (AvgIpc) is 3.09. The van der Waals surface area contributed by atoms with E-state index >= 15 is 0 Å². The molecular weight excluding hydrogens is 304 g/mol. The first-order valence-electron chi connectivity index (χ1n) is 7.56. The largest absolute Gasteiger partial charge is 0.465 e. The Labute approximate surface area is 140 Å². The Morgan fingerprint density at radius 3 is 2.79 bits per heavy atom. The Morgan fingerprint density at radius 1 is 1.25 bits per heavy atom. The molecule has 0 unspecified atom stereocenters. The van der Waals surface area contributed by atoms with Gasteiger partial charge in [0.05, 0.1) is 35.9 Å². The number of pyridine rings is 1. The molecule has 0 aliphatic heterocycles. The quantitative estimate of drug-likeness (QED) is 0.731. The number of aromatic nitrogens is 3. The molecule has 0 aliphatic rings. The molecule has 0 aliphatic carbocycles. The van der Waals surface area contributed by atoms with Crippen LogP contribution < -0.4 is 5.32 Å². The Kier molecular flexibility index (Phi) is 4.56. The first kappa shape index (κ1) is 15.7. The van der Waals surface area contributed by atoms with E-state index < -0.39 is 0 Å². The molecule has 0 radical (unpaired) electrons. The van der Waals surface area contributed by atoms with Crippen LogP contribution >= 0.6 is 0 Å². The fourth-order valence-electron chi connectivity index (χ4n) is 2.43. The monoisotopic (exact) mass is 322 g/mol. The predicted molar refractivity (Wildman–Crippen MR) is 91.2 cm³/mol. The molecule has 24 heavy (non-hydrogen) atoms. The molecule has 1 N–H and O–H groups in total. The zero-order valence-corrected chi connectivity index (χ0v) is 13.6. The van der Waals surface area contributed by atoms with Crippen LogP contribution in [0.15, 0.2) is 55.0 Å². The summed E-state index contributed by atoms with van der Waals surface area (Å²) in [7, 11) is 1.37. The van der Waals surface area contributed by atoms with Crippen LogP contribution in [0, 0.1) is 6.92 Å². The topological polar surface area (TPSA) is 69.0 Å². The van der Waals surface area contributed by atoms with Crippen molar-refractivity contribution in [2.24, 2.45) is 0 Å². The lowest BCUT2D eigenvalue weighted by Gasteiger charge is -2.12. The first-order valence-corrected chi connectivity index (χ1v) is 7.56. The highest BCUT2D eigenvalue weighted by Crippen LogP contribution is 2.20. The van der Waals surface area contributed by atoms with Gasteiger partial charge in [0.15, 0.2) is 0 Å². The van der Waals surface area contributed by atoms with E-state index in [0.717, 1.165) is 16.9 Å². The smallest absolute Gasteiger partial charge is 0.340 e. The molecule has 0 spiro atoms. The Bertz CT molecular complexity index is 843. The number of carbonyl (C=O) groups excluding carboxylic acids is 1. The van der Waals surface area contributed by atoms with Crippen molar-refractivity contribution in [1.82, 2.24) is 14.8 Å². The summed E-state index contributed by atoms with van der Waals surface area (Å²) in [5.74, 6) is -0.386. The van der Waals surface area contributed by atoms with E-state index in [1.54, 1.807) is 18.5 Å². The van der Waals surface area contributed by atoms with Crippen molar-refractivity contribution in [3.63, 3.8) is 0 Å². The molecule has 0 bridgehead atoms. The van der Waals surface area contributed by atoms with Gasteiger partial charge in [-0.25, -0.2) is 9.48 Å². The summed E-state index contributed by atoms with van der Waals surface area (Å²) in [6.07, 6.45) is 5.34. The molecule has 0 amide bonds. The summed E-state index contributed by atoms with van der Waals surface area (Å²) in [6, 6.07) is 11.5. The van der Waals surface area contributed by atoms with Crippen molar-refractivity contribution >= 4 is 11.7 Å². The van der Waals surface area contributed by atoms with Crippen LogP contribution in [0.1, 0.15) is 21.6 Å². The van der Waals surface area contributed by atoms with Crippen molar-refractivity contribution in [3.05, 3.63) is 71.8 Å². The predicted octanol–water partition coefficient (Wildman–Crippen LogP) is 2.97. The third-order valence-corrected chi connectivity index (χ3v) is 3.67. The average molecular weight is 322 g/mol. The summed E-state index contributed by atoms with van der Waals surface area (Å²) in [6.45, 7) is 2.38. The van der Waals surface area contributed by atoms with Gasteiger partial charge in [0.2, 0.25) is 0 Å². The third kappa shape index (κ3) is 3.27. The van der Waals surface area contributed by atoms with Crippen LogP contribution in [0.3, 0.4) is 0 Å². The summed E-state index contributed by atoms with van der Waals surface area (Å²) < 4.78 is 6.64. The number of hydrogen-bond acceptors (Lipinski definition) is 5. The van der Waals surface area contributed by atoms with Crippen LogP contribution in [0.4, 0.5) is 5.69 Å². The molecule has 1 aromatic carbocycles. The lowest BCUT2D eigenvalue weighted by molar-refractivity contribution is 0.0601. The van der Waals surface area contributed by atoms with Gasteiger partial charge < -0.3 is 10.1 Å². The molecule has 0 atom stereocenters. The number of esters is 1. The van der Waals surface area contributed by atoms with Crippen LogP contribution in [0.25, 0.3) is 5.69 Å². The molecule has 2 heterocycles. The minimum atomic E-state index is -0.386. The van der Waals surface area contributed by atoms with E-state index in [0.29, 0.717) is 17.8 Å². The van der Waals surface area contributed by atoms with Gasteiger partial charge in [-0.05, 0) is 25.1 Å². The molecule has 6 heteroatoms. The number of anilines is 1. The van der Waals surface area contributed by atoms with E-state index in [9.17, 15) is 4.79 Å². The van der Waals surface area contributed by atoms with Gasteiger partial charge >= 0.3 is 5.97 Å². The number of nitrogens with one attached hydrogen (secondary N) is 1. The van der Waals surface area contributed by atoms with Gasteiger partial charge in [0.25, 0.3) is 0 Å². The highest BCUT2D eigenvalue weighted by Gasteiger charge is 2.14. The Morgan fingerprint density at radius 2 is 2.04 bits per heavy atom. The number of aryl methyl sites for hydroxylation is 1. The summed E-state index contributed by atoms with van der Waals surface area (Å²) in [5, 5.41) is 7.63. The van der Waals surface area contributed by atoms with Crippen LogP contribution in [-0.4, -0.2) is 27.8 Å². The van der Waals surface area contributed by atoms with Gasteiger partial charge in [-0.2, -0.15) is 5.10 Å². The van der Waals surface area contributed by atoms with Gasteiger partial charge in [-0.1, -0.05) is 18.2 Å². The third-order valence-electron chi connectivity index (χ3n) is 3.67. The molecule has 0 saturated heterocycles. The number of benzene rings is 1. The number of carbonyl (C=O) groups is 1. The summed E-state index contributed by atoms with van der Waals surface area (Å²) in [5.41, 5.74) is 3.89. The SMILES string of the molecule is COC(=O)c1ccnc(C)c1NCc1cnn(-c2ccccc2)c1. The minimum absolute atomic E-state index is 0.386. The second-order valence-electron chi connectivity index (χ2n) is 5.29. The molecular formula is C18H18N4O2. The van der Waals surface area contributed by atoms with Gasteiger partial charge in [0.1, 0.15) is 0 Å². The summed E-state index contributed by atoms with van der Waals surface area (Å²) in [4.78, 5) is 16.1. The van der Waals surface area contributed by atoms with Crippen molar-refractivity contribution in [3.8, 4) is 5.69 Å². The molecule has 122 valence electrons. The van der Waals surface area contributed by atoms with Gasteiger partial charge in [0, 0.05) is 24.5 Å². The number of nitrogens with zero attached hydrogens (tertiary/aromatic N) is 3. The Balaban J connectivity index is 1.78. The van der Waals surface area contributed by atoms with Crippen LogP contribution in [-0.2, 0) is 11.3 Å². The molecule has 2 aromatic heterocycles. The van der Waals surface area contributed by atoms with E-state index in [4.69, 9.17) is 4.74 Å². The minimum Gasteiger partial charge on any atom is -0.465 e. The van der Waals surface area contributed by atoms with Crippen LogP contribution in [0.2, 0.25) is 0 Å². The summed E-state index contributed by atoms with van der Waals surface area (Å²) >= 11 is 0. The molecule has 0 saturated carbocycles. The number of rotatable bonds is 5. The first-order chi connectivity index (χ1) is 11.7. The molecule has 0 fully saturated rings. The number of hydrogen-bond donors (Lipinski definition) is 1. The van der Waals surface area contributed by atoms with Gasteiger partial charge in [-0.15, -0.1) is 0 Å². The zero-order chi connectivity index (χ0) is 16.9. The standard InChI is InChI=1S/C18H18N4O2/c1-13-17(16(8-9-19-13)18(23)24-2)20-10-14-11-21-22(12-14)15-6-4-3-5-7-15/h3-9,11-12,20H,10H2,1-2H3. The van der Waals surface area contributed by atoms with Gasteiger partial charge in [-0.3, -0.25) is 4.98 Å². The normalized spacial score (nSPS) is 10.4. The zero-order valence-electron chi connectivity index (χ0n) is 13.6. The van der Waals surface area contributed by atoms with Crippen molar-refractivity contribution in [2.75, 3.05) is 12.4 Å².